The average molecular weight is 228 g/mol. The molecule has 0 saturated heterocycles. The van der Waals surface area contributed by atoms with Crippen molar-refractivity contribution >= 4 is 17.9 Å². The summed E-state index contributed by atoms with van der Waals surface area (Å²) in [4.78, 5) is 11.3. The molecule has 0 aliphatic carbocycles. The van der Waals surface area contributed by atoms with Crippen LogP contribution in [0, 0.1) is 4.51 Å². The van der Waals surface area contributed by atoms with Crippen molar-refractivity contribution in [3.05, 3.63) is 20.3 Å². The Labute approximate surface area is 94.1 Å². The predicted molar refractivity (Wildman–Crippen MR) is 63.7 cm³/mol. The number of hydrogen-bond donors (Lipinski definition) is 2. The Kier molecular flexibility index (Phi) is 4.87. The van der Waals surface area contributed by atoms with Crippen LogP contribution >= 0.6 is 12.2 Å². The summed E-state index contributed by atoms with van der Waals surface area (Å²) in [7, 11) is 0. The number of hydrogen-bond acceptors (Lipinski definition) is 5. The summed E-state index contributed by atoms with van der Waals surface area (Å²) < 4.78 is 5.65. The van der Waals surface area contributed by atoms with Gasteiger partial charge in [-0.1, -0.05) is 19.1 Å². The van der Waals surface area contributed by atoms with Gasteiger partial charge < -0.3 is 15.8 Å². The molecule has 0 aromatic heterocycles. The molecule has 0 aliphatic heterocycles. The molecule has 0 fully saturated rings. The molecule has 0 saturated carbocycles. The van der Waals surface area contributed by atoms with Crippen molar-refractivity contribution < 1.29 is 4.74 Å². The van der Waals surface area contributed by atoms with Crippen LogP contribution in [0.2, 0.25) is 0 Å². The van der Waals surface area contributed by atoms with E-state index in [1.54, 1.807) is 0 Å². The highest BCUT2D eigenvalue weighted by atomic mass is 32.1. The molecule has 4 nitrogen and oxygen atoms in total. The second-order valence-corrected chi connectivity index (χ2v) is 3.60. The SMILES string of the molecule is CCc1c(NCCOCCN)c(=O)c1=S. The molecule has 0 heterocycles. The van der Waals surface area contributed by atoms with Crippen molar-refractivity contribution in [2.75, 3.05) is 31.6 Å². The molecule has 0 bridgehead atoms. The van der Waals surface area contributed by atoms with Crippen molar-refractivity contribution in [2.24, 2.45) is 5.73 Å². The minimum Gasteiger partial charge on any atom is -0.379 e. The van der Waals surface area contributed by atoms with Gasteiger partial charge in [-0.15, -0.1) is 0 Å². The zero-order valence-corrected chi connectivity index (χ0v) is 9.65. The number of rotatable bonds is 7. The quantitative estimate of drug-likeness (QED) is 0.528. The van der Waals surface area contributed by atoms with Gasteiger partial charge in [-0.25, -0.2) is 0 Å². The average Bonchev–Trinajstić information content (AvgIpc) is 2.26. The molecule has 1 rings (SSSR count). The van der Waals surface area contributed by atoms with Crippen LogP contribution in [0.15, 0.2) is 4.79 Å². The molecule has 0 amide bonds. The monoisotopic (exact) mass is 228 g/mol. The fraction of sp³-hybridized carbons (Fsp3) is 0.600. The first-order chi connectivity index (χ1) is 7.22. The largest absolute Gasteiger partial charge is 0.379 e. The van der Waals surface area contributed by atoms with Gasteiger partial charge >= 0.3 is 0 Å². The van der Waals surface area contributed by atoms with Crippen molar-refractivity contribution in [1.29, 1.82) is 0 Å². The van der Waals surface area contributed by atoms with E-state index in [1.165, 1.54) is 0 Å². The van der Waals surface area contributed by atoms with E-state index < -0.39 is 0 Å². The Balaban J connectivity index is 2.35. The van der Waals surface area contributed by atoms with Crippen molar-refractivity contribution in [3.8, 4) is 0 Å². The summed E-state index contributed by atoms with van der Waals surface area (Å²) >= 11 is 4.93. The smallest absolute Gasteiger partial charge is 0.220 e. The van der Waals surface area contributed by atoms with Crippen LogP contribution < -0.4 is 16.5 Å². The summed E-state index contributed by atoms with van der Waals surface area (Å²) in [5.41, 5.74) is 6.86. The van der Waals surface area contributed by atoms with Crippen LogP contribution in [-0.2, 0) is 11.2 Å². The maximum absolute atomic E-state index is 11.3. The molecule has 0 spiro atoms. The third-order valence-electron chi connectivity index (χ3n) is 2.17. The fourth-order valence-electron chi connectivity index (χ4n) is 1.40. The highest BCUT2D eigenvalue weighted by molar-refractivity contribution is 7.71. The molecule has 84 valence electrons. The van der Waals surface area contributed by atoms with E-state index in [0.717, 1.165) is 12.0 Å². The van der Waals surface area contributed by atoms with Crippen LogP contribution in [0.25, 0.3) is 0 Å². The predicted octanol–water partition coefficient (Wildman–Crippen LogP) is 0.601. The first-order valence-electron chi connectivity index (χ1n) is 5.06. The normalized spacial score (nSPS) is 10.8. The minimum absolute atomic E-state index is 0.0410. The summed E-state index contributed by atoms with van der Waals surface area (Å²) in [6.45, 7) is 4.23. The lowest BCUT2D eigenvalue weighted by atomic mass is 10.1. The van der Waals surface area contributed by atoms with Crippen LogP contribution in [-0.4, -0.2) is 26.3 Å². The van der Waals surface area contributed by atoms with E-state index in [1.807, 2.05) is 6.92 Å². The topological polar surface area (TPSA) is 64.3 Å². The Morgan fingerprint density at radius 3 is 2.80 bits per heavy atom. The number of ether oxygens (including phenoxy) is 1. The van der Waals surface area contributed by atoms with Crippen LogP contribution in [0.5, 0.6) is 0 Å². The van der Waals surface area contributed by atoms with Gasteiger partial charge in [-0.3, -0.25) is 4.79 Å². The van der Waals surface area contributed by atoms with Crippen molar-refractivity contribution in [1.82, 2.24) is 0 Å². The molecule has 5 heteroatoms. The fourth-order valence-corrected chi connectivity index (χ4v) is 1.75. The molecule has 1 aromatic rings. The summed E-state index contributed by atoms with van der Waals surface area (Å²) in [6.07, 6.45) is 0.802. The minimum atomic E-state index is -0.0410. The van der Waals surface area contributed by atoms with Gasteiger partial charge in [0, 0.05) is 18.7 Å². The molecule has 1 aromatic carbocycles. The second kappa shape index (κ2) is 5.95. The van der Waals surface area contributed by atoms with E-state index >= 15 is 0 Å². The molecule has 0 atom stereocenters. The maximum atomic E-state index is 11.3. The van der Waals surface area contributed by atoms with Crippen molar-refractivity contribution in [3.63, 3.8) is 0 Å². The Morgan fingerprint density at radius 1 is 1.47 bits per heavy atom. The first kappa shape index (κ1) is 12.3. The van der Waals surface area contributed by atoms with Gasteiger partial charge in [-0.05, 0) is 6.42 Å². The second-order valence-electron chi connectivity index (χ2n) is 3.19. The van der Waals surface area contributed by atoms with Crippen LogP contribution in [0.1, 0.15) is 12.5 Å². The number of nitrogens with two attached hydrogens (primary N) is 1. The van der Waals surface area contributed by atoms with Gasteiger partial charge in [0.2, 0.25) is 5.43 Å². The van der Waals surface area contributed by atoms with Gasteiger partial charge in [0.1, 0.15) is 0 Å². The summed E-state index contributed by atoms with van der Waals surface area (Å²) in [5.74, 6) is 0. The molecule has 3 N–H and O–H groups in total. The highest BCUT2D eigenvalue weighted by Gasteiger charge is 2.14. The number of nitrogens with one attached hydrogen (secondary N) is 1. The van der Waals surface area contributed by atoms with E-state index in [4.69, 9.17) is 22.7 Å². The summed E-state index contributed by atoms with van der Waals surface area (Å²) in [5, 5.41) is 3.04. The molecule has 0 aliphatic rings. The van der Waals surface area contributed by atoms with Crippen molar-refractivity contribution in [2.45, 2.75) is 13.3 Å². The third kappa shape index (κ3) is 2.84. The zero-order valence-electron chi connectivity index (χ0n) is 8.84. The lowest BCUT2D eigenvalue weighted by molar-refractivity contribution is 0.151. The summed E-state index contributed by atoms with van der Waals surface area (Å²) in [6, 6.07) is 0. The zero-order chi connectivity index (χ0) is 11.3. The Morgan fingerprint density at radius 2 is 2.20 bits per heavy atom. The van der Waals surface area contributed by atoms with Crippen LogP contribution in [0.4, 0.5) is 5.69 Å². The van der Waals surface area contributed by atoms with Gasteiger partial charge in [0.15, 0.2) is 0 Å². The van der Waals surface area contributed by atoms with E-state index in [9.17, 15) is 4.79 Å². The van der Waals surface area contributed by atoms with Gasteiger partial charge in [-0.2, -0.15) is 0 Å². The van der Waals surface area contributed by atoms with Gasteiger partial charge in [0.25, 0.3) is 0 Å². The Hall–Kier alpha value is -0.780. The van der Waals surface area contributed by atoms with E-state index in [-0.39, 0.29) is 5.43 Å². The lowest BCUT2D eigenvalue weighted by Crippen LogP contribution is -2.23. The van der Waals surface area contributed by atoms with E-state index in [0.29, 0.717) is 36.5 Å². The van der Waals surface area contributed by atoms with Gasteiger partial charge in [0.05, 0.1) is 23.4 Å². The highest BCUT2D eigenvalue weighted by Crippen LogP contribution is 2.15. The third-order valence-corrected chi connectivity index (χ3v) is 2.60. The molecule has 15 heavy (non-hydrogen) atoms. The first-order valence-corrected chi connectivity index (χ1v) is 5.47. The standard InChI is InChI=1S/C10H16N2O2S/c1-2-7-8(9(13)10(7)15)12-4-6-14-5-3-11/h12H,2-6,11H2,1H3. The molecular formula is C10H16N2O2S. The molecular weight excluding hydrogens is 212 g/mol. The maximum Gasteiger partial charge on any atom is 0.220 e. The molecule has 0 unspecified atom stereocenters. The molecule has 0 radical (unpaired) electrons. The Bertz CT molecular complexity index is 383. The van der Waals surface area contributed by atoms with Crippen LogP contribution in [0.3, 0.4) is 0 Å². The number of anilines is 1. The lowest BCUT2D eigenvalue weighted by Gasteiger charge is -2.13. The van der Waals surface area contributed by atoms with E-state index in [2.05, 4.69) is 5.32 Å².